The van der Waals surface area contributed by atoms with E-state index in [4.69, 9.17) is 4.42 Å². The number of hydrogen-bond donors (Lipinski definition) is 1. The van der Waals surface area contributed by atoms with Gasteiger partial charge in [0.05, 0.1) is 18.0 Å². The lowest BCUT2D eigenvalue weighted by Crippen LogP contribution is -2.33. The van der Waals surface area contributed by atoms with E-state index in [2.05, 4.69) is 10.3 Å². The SMILES string of the molecule is CCS(=O)(=O)CC(C)NCc1nc(C)c(C)o1. The molecule has 0 aliphatic heterocycles. The van der Waals surface area contributed by atoms with Gasteiger partial charge in [0.2, 0.25) is 5.89 Å². The molecule has 1 atom stereocenters. The molecule has 0 aromatic carbocycles. The molecule has 0 amide bonds. The summed E-state index contributed by atoms with van der Waals surface area (Å²) < 4.78 is 28.2. The van der Waals surface area contributed by atoms with Gasteiger partial charge in [0.25, 0.3) is 0 Å². The Morgan fingerprint density at radius 3 is 2.53 bits per heavy atom. The van der Waals surface area contributed by atoms with Crippen molar-refractivity contribution in [2.75, 3.05) is 11.5 Å². The molecule has 1 rings (SSSR count). The van der Waals surface area contributed by atoms with Crippen molar-refractivity contribution in [1.82, 2.24) is 10.3 Å². The molecule has 0 spiro atoms. The Hall–Kier alpha value is -0.880. The molecule has 6 heteroatoms. The predicted molar refractivity (Wildman–Crippen MR) is 66.6 cm³/mol. The Morgan fingerprint density at radius 1 is 1.41 bits per heavy atom. The number of aryl methyl sites for hydroxylation is 2. The molecule has 0 saturated heterocycles. The highest BCUT2D eigenvalue weighted by molar-refractivity contribution is 7.91. The van der Waals surface area contributed by atoms with E-state index in [9.17, 15) is 8.42 Å². The van der Waals surface area contributed by atoms with Crippen molar-refractivity contribution in [2.24, 2.45) is 0 Å². The maximum atomic E-state index is 11.4. The minimum absolute atomic E-state index is 0.104. The highest BCUT2D eigenvalue weighted by Crippen LogP contribution is 2.08. The third-order valence-electron chi connectivity index (χ3n) is 2.62. The highest BCUT2D eigenvalue weighted by Gasteiger charge is 2.14. The molecule has 0 fully saturated rings. The van der Waals surface area contributed by atoms with Crippen molar-refractivity contribution in [3.63, 3.8) is 0 Å². The first-order chi connectivity index (χ1) is 7.84. The molecule has 0 aliphatic rings. The first-order valence-corrected chi connectivity index (χ1v) is 7.53. The Morgan fingerprint density at radius 2 is 2.06 bits per heavy atom. The second-order valence-electron chi connectivity index (χ2n) is 4.23. The standard InChI is InChI=1S/C11H20N2O3S/c1-5-17(14,15)7-8(2)12-6-11-13-9(3)10(4)16-11/h8,12H,5-7H2,1-4H3. The van der Waals surface area contributed by atoms with E-state index < -0.39 is 9.84 Å². The summed E-state index contributed by atoms with van der Waals surface area (Å²) in [5.41, 5.74) is 0.871. The van der Waals surface area contributed by atoms with Crippen LogP contribution in [0.2, 0.25) is 0 Å². The number of hydrogen-bond acceptors (Lipinski definition) is 5. The molecule has 0 aliphatic carbocycles. The Kier molecular flexibility index (Phi) is 4.70. The molecule has 0 radical (unpaired) electrons. The van der Waals surface area contributed by atoms with Gasteiger partial charge in [0.1, 0.15) is 5.76 Å². The summed E-state index contributed by atoms with van der Waals surface area (Å²) in [6, 6.07) is -0.104. The Labute approximate surface area is 103 Å². The topological polar surface area (TPSA) is 72.2 Å². The van der Waals surface area contributed by atoms with Crippen LogP contribution in [0.15, 0.2) is 4.42 Å². The predicted octanol–water partition coefficient (Wildman–Crippen LogP) is 1.20. The largest absolute Gasteiger partial charge is 0.444 e. The van der Waals surface area contributed by atoms with E-state index in [1.165, 1.54) is 0 Å². The third-order valence-corrected chi connectivity index (χ3v) is 4.51. The summed E-state index contributed by atoms with van der Waals surface area (Å²) in [6.45, 7) is 7.69. The third kappa shape index (κ3) is 4.47. The molecule has 1 aromatic rings. The average Bonchev–Trinajstić information content (AvgIpc) is 2.55. The van der Waals surface area contributed by atoms with E-state index >= 15 is 0 Å². The van der Waals surface area contributed by atoms with Crippen LogP contribution in [0.1, 0.15) is 31.2 Å². The summed E-state index contributed by atoms with van der Waals surface area (Å²) in [6.07, 6.45) is 0. The van der Waals surface area contributed by atoms with Crippen molar-refractivity contribution >= 4 is 9.84 Å². The van der Waals surface area contributed by atoms with Crippen LogP contribution in [0, 0.1) is 13.8 Å². The van der Waals surface area contributed by atoms with Gasteiger partial charge in [-0.1, -0.05) is 6.92 Å². The van der Waals surface area contributed by atoms with Crippen LogP contribution in [0.25, 0.3) is 0 Å². The normalized spacial score (nSPS) is 13.9. The van der Waals surface area contributed by atoms with Crippen LogP contribution in [-0.4, -0.2) is 30.9 Å². The van der Waals surface area contributed by atoms with Crippen LogP contribution in [-0.2, 0) is 16.4 Å². The van der Waals surface area contributed by atoms with Gasteiger partial charge in [-0.15, -0.1) is 0 Å². The Bertz CT molecular complexity index is 446. The number of nitrogens with zero attached hydrogens (tertiary/aromatic N) is 1. The number of rotatable bonds is 6. The summed E-state index contributed by atoms with van der Waals surface area (Å²) in [5.74, 6) is 1.72. The molecular weight excluding hydrogens is 240 g/mol. The van der Waals surface area contributed by atoms with Crippen molar-refractivity contribution in [3.8, 4) is 0 Å². The minimum atomic E-state index is -2.94. The molecule has 5 nitrogen and oxygen atoms in total. The monoisotopic (exact) mass is 260 g/mol. The fraction of sp³-hybridized carbons (Fsp3) is 0.727. The van der Waals surface area contributed by atoms with Gasteiger partial charge < -0.3 is 9.73 Å². The van der Waals surface area contributed by atoms with Crippen molar-refractivity contribution in [3.05, 3.63) is 17.3 Å². The fourth-order valence-electron chi connectivity index (χ4n) is 1.43. The Balaban J connectivity index is 2.46. The lowest BCUT2D eigenvalue weighted by Gasteiger charge is -2.11. The van der Waals surface area contributed by atoms with Gasteiger partial charge in [0, 0.05) is 11.8 Å². The number of sulfone groups is 1. The number of nitrogens with one attached hydrogen (secondary N) is 1. The van der Waals surface area contributed by atoms with Gasteiger partial charge in [-0.05, 0) is 20.8 Å². The first kappa shape index (κ1) is 14.2. The number of oxazole rings is 1. The van der Waals surface area contributed by atoms with E-state index in [-0.39, 0.29) is 17.5 Å². The van der Waals surface area contributed by atoms with Gasteiger partial charge in [-0.2, -0.15) is 0 Å². The lowest BCUT2D eigenvalue weighted by molar-refractivity contribution is 0.435. The van der Waals surface area contributed by atoms with Crippen LogP contribution >= 0.6 is 0 Å². The zero-order valence-corrected chi connectivity index (χ0v) is 11.6. The second kappa shape index (κ2) is 5.64. The molecule has 1 unspecified atom stereocenters. The zero-order valence-electron chi connectivity index (χ0n) is 10.8. The molecule has 0 saturated carbocycles. The van der Waals surface area contributed by atoms with Gasteiger partial charge in [-0.3, -0.25) is 0 Å². The molecule has 1 N–H and O–H groups in total. The lowest BCUT2D eigenvalue weighted by atomic mass is 10.4. The quantitative estimate of drug-likeness (QED) is 0.832. The molecular formula is C11H20N2O3S. The highest BCUT2D eigenvalue weighted by atomic mass is 32.2. The minimum Gasteiger partial charge on any atom is -0.444 e. The molecule has 0 bridgehead atoms. The average molecular weight is 260 g/mol. The van der Waals surface area contributed by atoms with Gasteiger partial charge >= 0.3 is 0 Å². The maximum Gasteiger partial charge on any atom is 0.208 e. The van der Waals surface area contributed by atoms with Crippen LogP contribution < -0.4 is 5.32 Å². The number of aromatic nitrogens is 1. The van der Waals surface area contributed by atoms with Crippen molar-refractivity contribution < 1.29 is 12.8 Å². The first-order valence-electron chi connectivity index (χ1n) is 5.70. The van der Waals surface area contributed by atoms with Crippen LogP contribution in [0.5, 0.6) is 0 Å². The molecule has 17 heavy (non-hydrogen) atoms. The van der Waals surface area contributed by atoms with Crippen molar-refractivity contribution in [1.29, 1.82) is 0 Å². The summed E-state index contributed by atoms with van der Waals surface area (Å²) in [5, 5.41) is 3.09. The van der Waals surface area contributed by atoms with Gasteiger partial charge in [0.15, 0.2) is 9.84 Å². The van der Waals surface area contributed by atoms with E-state index in [1.807, 2.05) is 20.8 Å². The molecule has 1 heterocycles. The maximum absolute atomic E-state index is 11.4. The molecule has 98 valence electrons. The smallest absolute Gasteiger partial charge is 0.208 e. The van der Waals surface area contributed by atoms with Crippen LogP contribution in [0.4, 0.5) is 0 Å². The zero-order chi connectivity index (χ0) is 13.1. The summed E-state index contributed by atoms with van der Waals surface area (Å²) >= 11 is 0. The summed E-state index contributed by atoms with van der Waals surface area (Å²) in [4.78, 5) is 4.22. The fourth-order valence-corrected chi connectivity index (χ4v) is 2.55. The molecule has 1 aromatic heterocycles. The van der Waals surface area contributed by atoms with Crippen molar-refractivity contribution in [2.45, 2.75) is 40.3 Å². The van der Waals surface area contributed by atoms with E-state index in [1.54, 1.807) is 6.92 Å². The van der Waals surface area contributed by atoms with Gasteiger partial charge in [-0.25, -0.2) is 13.4 Å². The van der Waals surface area contributed by atoms with Crippen LogP contribution in [0.3, 0.4) is 0 Å². The van der Waals surface area contributed by atoms with E-state index in [0.717, 1.165) is 11.5 Å². The second-order valence-corrected chi connectivity index (χ2v) is 6.63. The van der Waals surface area contributed by atoms with E-state index in [0.29, 0.717) is 12.4 Å². The summed E-state index contributed by atoms with van der Waals surface area (Å²) in [7, 11) is -2.94.